The predicted molar refractivity (Wildman–Crippen MR) is 68.4 cm³/mol. The minimum atomic E-state index is -0.686. The summed E-state index contributed by atoms with van der Waals surface area (Å²) in [5.74, 6) is -1.14. The Morgan fingerprint density at radius 2 is 2.11 bits per heavy atom. The molecule has 0 saturated heterocycles. The summed E-state index contributed by atoms with van der Waals surface area (Å²) in [4.78, 5) is 11.7. The van der Waals surface area contributed by atoms with Crippen LogP contribution in [0.3, 0.4) is 0 Å². The van der Waals surface area contributed by atoms with Crippen LogP contribution in [0.5, 0.6) is 0 Å². The van der Waals surface area contributed by atoms with Gasteiger partial charge >= 0.3 is 0 Å². The SMILES string of the molecule is COCc1ccc(NC(=O)C(C)/C(N)=N/O)cc1. The highest BCUT2D eigenvalue weighted by atomic mass is 16.5. The van der Waals surface area contributed by atoms with Crippen molar-refractivity contribution in [3.63, 3.8) is 0 Å². The largest absolute Gasteiger partial charge is 0.409 e. The zero-order valence-corrected chi connectivity index (χ0v) is 10.4. The van der Waals surface area contributed by atoms with E-state index in [1.54, 1.807) is 26.2 Å². The maximum atomic E-state index is 11.7. The summed E-state index contributed by atoms with van der Waals surface area (Å²) in [5, 5.41) is 14.0. The number of benzene rings is 1. The van der Waals surface area contributed by atoms with Crippen LogP contribution >= 0.6 is 0 Å². The fourth-order valence-electron chi connectivity index (χ4n) is 1.32. The number of amides is 1. The molecular formula is C12H17N3O3. The molecule has 4 N–H and O–H groups in total. The molecule has 1 aromatic carbocycles. The molecule has 0 fully saturated rings. The van der Waals surface area contributed by atoms with Crippen LogP contribution in [0.2, 0.25) is 0 Å². The van der Waals surface area contributed by atoms with Gasteiger partial charge in [-0.2, -0.15) is 0 Å². The van der Waals surface area contributed by atoms with Crippen molar-refractivity contribution in [1.29, 1.82) is 0 Å². The quantitative estimate of drug-likeness (QED) is 0.316. The van der Waals surface area contributed by atoms with Gasteiger partial charge in [-0.15, -0.1) is 0 Å². The lowest BCUT2D eigenvalue weighted by Crippen LogP contribution is -2.32. The van der Waals surface area contributed by atoms with E-state index in [1.165, 1.54) is 0 Å². The van der Waals surface area contributed by atoms with Crippen LogP contribution in [-0.4, -0.2) is 24.1 Å². The Labute approximate surface area is 105 Å². The summed E-state index contributed by atoms with van der Waals surface area (Å²) in [6, 6.07) is 7.25. The molecule has 0 heterocycles. The second-order valence-electron chi connectivity index (χ2n) is 3.87. The Morgan fingerprint density at radius 3 is 2.61 bits per heavy atom. The zero-order chi connectivity index (χ0) is 13.5. The molecular weight excluding hydrogens is 234 g/mol. The van der Waals surface area contributed by atoms with Gasteiger partial charge in [0, 0.05) is 12.8 Å². The maximum absolute atomic E-state index is 11.7. The van der Waals surface area contributed by atoms with E-state index in [9.17, 15) is 4.79 Å². The normalized spacial score (nSPS) is 13.1. The number of methoxy groups -OCH3 is 1. The van der Waals surface area contributed by atoms with Crippen molar-refractivity contribution in [3.05, 3.63) is 29.8 Å². The molecule has 0 aliphatic rings. The van der Waals surface area contributed by atoms with Crippen LogP contribution in [0.15, 0.2) is 29.4 Å². The number of oxime groups is 1. The molecule has 0 bridgehead atoms. The Bertz CT molecular complexity index is 429. The third kappa shape index (κ3) is 3.74. The first-order valence-electron chi connectivity index (χ1n) is 5.44. The lowest BCUT2D eigenvalue weighted by Gasteiger charge is -2.11. The smallest absolute Gasteiger partial charge is 0.234 e. The number of amidine groups is 1. The number of hydrogen-bond acceptors (Lipinski definition) is 4. The number of nitrogens with one attached hydrogen (secondary N) is 1. The standard InChI is InChI=1S/C12H17N3O3/c1-8(11(13)15-17)12(16)14-10-5-3-9(4-6-10)7-18-2/h3-6,8,17H,7H2,1-2H3,(H2,13,15)(H,14,16). The summed E-state index contributed by atoms with van der Waals surface area (Å²) in [5.41, 5.74) is 7.02. The zero-order valence-electron chi connectivity index (χ0n) is 10.4. The molecule has 1 amide bonds. The third-order valence-electron chi connectivity index (χ3n) is 2.48. The second kappa shape index (κ2) is 6.61. The fraction of sp³-hybridized carbons (Fsp3) is 0.333. The van der Waals surface area contributed by atoms with Gasteiger partial charge in [0.15, 0.2) is 5.84 Å². The van der Waals surface area contributed by atoms with Gasteiger partial charge in [0.1, 0.15) is 0 Å². The van der Waals surface area contributed by atoms with Gasteiger partial charge in [-0.05, 0) is 24.6 Å². The van der Waals surface area contributed by atoms with Gasteiger partial charge in [0.2, 0.25) is 5.91 Å². The van der Waals surface area contributed by atoms with Gasteiger partial charge in [-0.3, -0.25) is 4.79 Å². The van der Waals surface area contributed by atoms with Crippen molar-refractivity contribution >= 4 is 17.4 Å². The van der Waals surface area contributed by atoms with Crippen molar-refractivity contribution in [2.24, 2.45) is 16.8 Å². The Hall–Kier alpha value is -2.08. The van der Waals surface area contributed by atoms with Gasteiger partial charge in [0.25, 0.3) is 0 Å². The topological polar surface area (TPSA) is 96.9 Å². The van der Waals surface area contributed by atoms with E-state index in [4.69, 9.17) is 15.7 Å². The molecule has 0 saturated carbocycles. The van der Waals surface area contributed by atoms with E-state index < -0.39 is 5.92 Å². The van der Waals surface area contributed by atoms with Crippen molar-refractivity contribution < 1.29 is 14.7 Å². The average molecular weight is 251 g/mol. The number of carbonyl (C=O) groups is 1. The molecule has 6 nitrogen and oxygen atoms in total. The predicted octanol–water partition coefficient (Wildman–Crippen LogP) is 1.15. The molecule has 1 unspecified atom stereocenters. The summed E-state index contributed by atoms with van der Waals surface area (Å²) >= 11 is 0. The van der Waals surface area contributed by atoms with Crippen LogP contribution in [0.1, 0.15) is 12.5 Å². The Morgan fingerprint density at radius 1 is 1.50 bits per heavy atom. The number of nitrogens with zero attached hydrogens (tertiary/aromatic N) is 1. The summed E-state index contributed by atoms with van der Waals surface area (Å²) in [6.07, 6.45) is 0. The Kier molecular flexibility index (Phi) is 5.13. The molecule has 0 aromatic heterocycles. The van der Waals surface area contributed by atoms with Gasteiger partial charge in [-0.1, -0.05) is 17.3 Å². The molecule has 1 atom stereocenters. The van der Waals surface area contributed by atoms with Gasteiger partial charge in [-0.25, -0.2) is 0 Å². The number of ether oxygens (including phenoxy) is 1. The van der Waals surface area contributed by atoms with Crippen molar-refractivity contribution in [2.45, 2.75) is 13.5 Å². The molecule has 0 aliphatic heterocycles. The molecule has 1 aromatic rings. The lowest BCUT2D eigenvalue weighted by molar-refractivity contribution is -0.117. The molecule has 1 rings (SSSR count). The second-order valence-corrected chi connectivity index (χ2v) is 3.87. The monoisotopic (exact) mass is 251 g/mol. The number of nitrogens with two attached hydrogens (primary N) is 1. The minimum Gasteiger partial charge on any atom is -0.409 e. The van der Waals surface area contributed by atoms with Crippen LogP contribution in [0.4, 0.5) is 5.69 Å². The first-order valence-corrected chi connectivity index (χ1v) is 5.44. The van der Waals surface area contributed by atoms with E-state index in [1.807, 2.05) is 12.1 Å². The van der Waals surface area contributed by atoms with Crippen LogP contribution in [-0.2, 0) is 16.1 Å². The maximum Gasteiger partial charge on any atom is 0.234 e. The highest BCUT2D eigenvalue weighted by Gasteiger charge is 2.17. The van der Waals surface area contributed by atoms with E-state index in [0.29, 0.717) is 12.3 Å². The third-order valence-corrected chi connectivity index (χ3v) is 2.48. The van der Waals surface area contributed by atoms with Crippen molar-refractivity contribution in [2.75, 3.05) is 12.4 Å². The highest BCUT2D eigenvalue weighted by molar-refractivity contribution is 6.07. The van der Waals surface area contributed by atoms with Gasteiger partial charge < -0.3 is 21.0 Å². The highest BCUT2D eigenvalue weighted by Crippen LogP contribution is 2.11. The minimum absolute atomic E-state index is 0.122. The fourth-order valence-corrected chi connectivity index (χ4v) is 1.32. The summed E-state index contributed by atoms with van der Waals surface area (Å²) in [6.45, 7) is 2.08. The number of rotatable bonds is 5. The lowest BCUT2D eigenvalue weighted by atomic mass is 10.1. The van der Waals surface area contributed by atoms with E-state index in [-0.39, 0.29) is 11.7 Å². The molecule has 0 aliphatic carbocycles. The van der Waals surface area contributed by atoms with Crippen LogP contribution in [0.25, 0.3) is 0 Å². The van der Waals surface area contributed by atoms with E-state index >= 15 is 0 Å². The van der Waals surface area contributed by atoms with Crippen LogP contribution < -0.4 is 11.1 Å². The average Bonchev–Trinajstić information content (AvgIpc) is 2.39. The van der Waals surface area contributed by atoms with Crippen molar-refractivity contribution in [1.82, 2.24) is 0 Å². The molecule has 0 spiro atoms. The van der Waals surface area contributed by atoms with Crippen LogP contribution in [0, 0.1) is 5.92 Å². The first kappa shape index (κ1) is 14.0. The summed E-state index contributed by atoms with van der Waals surface area (Å²) in [7, 11) is 1.62. The first-order chi connectivity index (χ1) is 8.58. The number of carbonyl (C=O) groups excluding carboxylic acids is 1. The van der Waals surface area contributed by atoms with E-state index in [2.05, 4.69) is 10.5 Å². The molecule has 18 heavy (non-hydrogen) atoms. The molecule has 6 heteroatoms. The van der Waals surface area contributed by atoms with Crippen molar-refractivity contribution in [3.8, 4) is 0 Å². The number of hydrogen-bond donors (Lipinski definition) is 3. The van der Waals surface area contributed by atoms with E-state index in [0.717, 1.165) is 5.56 Å². The Balaban J connectivity index is 2.65. The molecule has 98 valence electrons. The summed E-state index contributed by atoms with van der Waals surface area (Å²) < 4.78 is 4.99. The van der Waals surface area contributed by atoms with Gasteiger partial charge in [0.05, 0.1) is 12.5 Å². The molecule has 0 radical (unpaired) electrons. The number of anilines is 1.